The number of aliphatic hydroxyl groups is 1. The Bertz CT molecular complexity index is 411. The molecule has 2 atom stereocenters. The van der Waals surface area contributed by atoms with Gasteiger partial charge in [-0.15, -0.1) is 5.10 Å². The van der Waals surface area contributed by atoms with Crippen LogP contribution in [0, 0.1) is 5.41 Å². The minimum Gasteiger partial charge on any atom is -0.395 e. The van der Waals surface area contributed by atoms with Gasteiger partial charge >= 0.3 is 0 Å². The molecule has 1 saturated heterocycles. The molecule has 0 bridgehead atoms. The molecular formula is C13H25N5O. The molecule has 1 aromatic heterocycles. The van der Waals surface area contributed by atoms with Crippen LogP contribution in [0.2, 0.25) is 0 Å². The Kier molecular flexibility index (Phi) is 4.20. The summed E-state index contributed by atoms with van der Waals surface area (Å²) in [4.78, 5) is 2.37. The predicted molar refractivity (Wildman–Crippen MR) is 72.4 cm³/mol. The normalized spacial score (nSPS) is 25.1. The lowest BCUT2D eigenvalue weighted by molar-refractivity contribution is 0.111. The molecule has 0 saturated carbocycles. The van der Waals surface area contributed by atoms with Gasteiger partial charge in [-0.1, -0.05) is 20.8 Å². The maximum Gasteiger partial charge on any atom is 0.168 e. The predicted octanol–water partition coefficient (Wildman–Crippen LogP) is 1.14. The van der Waals surface area contributed by atoms with Crippen molar-refractivity contribution in [3.63, 3.8) is 0 Å². The molecule has 0 amide bonds. The maximum absolute atomic E-state index is 9.55. The van der Waals surface area contributed by atoms with Crippen molar-refractivity contribution in [1.82, 2.24) is 25.1 Å². The quantitative estimate of drug-likeness (QED) is 0.886. The molecule has 1 fully saturated rings. The Morgan fingerprint density at radius 3 is 2.58 bits per heavy atom. The van der Waals surface area contributed by atoms with Crippen molar-refractivity contribution in [3.05, 3.63) is 5.82 Å². The van der Waals surface area contributed by atoms with E-state index in [1.54, 1.807) is 4.68 Å². The summed E-state index contributed by atoms with van der Waals surface area (Å²) in [6, 6.07) is 0.476. The summed E-state index contributed by atoms with van der Waals surface area (Å²) < 4.78 is 1.74. The van der Waals surface area contributed by atoms with Crippen LogP contribution in [0.4, 0.5) is 0 Å². The summed E-state index contributed by atoms with van der Waals surface area (Å²) in [5.74, 6) is 0.907. The van der Waals surface area contributed by atoms with Crippen molar-refractivity contribution in [2.45, 2.75) is 52.1 Å². The number of tetrazole rings is 1. The molecule has 1 aliphatic heterocycles. The lowest BCUT2D eigenvalue weighted by Gasteiger charge is -2.31. The van der Waals surface area contributed by atoms with Gasteiger partial charge in [0.15, 0.2) is 5.82 Å². The van der Waals surface area contributed by atoms with Crippen LogP contribution in [-0.2, 0) is 7.05 Å². The molecule has 1 aromatic rings. The van der Waals surface area contributed by atoms with E-state index in [1.165, 1.54) is 0 Å². The highest BCUT2D eigenvalue weighted by Gasteiger charge is 2.36. The maximum atomic E-state index is 9.55. The Balaban J connectivity index is 2.12. The van der Waals surface area contributed by atoms with Crippen molar-refractivity contribution < 1.29 is 5.11 Å². The topological polar surface area (TPSA) is 67.1 Å². The number of hydrogen-bond acceptors (Lipinski definition) is 5. The van der Waals surface area contributed by atoms with E-state index in [9.17, 15) is 5.11 Å². The SMILES string of the molecule is Cn1nnnc1[C@@H]1CC[C@@H](CO)N1CCC(C)(C)C. The highest BCUT2D eigenvalue weighted by atomic mass is 16.3. The van der Waals surface area contributed by atoms with E-state index < -0.39 is 0 Å². The molecule has 6 heteroatoms. The molecular weight excluding hydrogens is 242 g/mol. The van der Waals surface area contributed by atoms with Crippen LogP contribution in [0.3, 0.4) is 0 Å². The first kappa shape index (κ1) is 14.4. The zero-order valence-corrected chi connectivity index (χ0v) is 12.4. The van der Waals surface area contributed by atoms with Crippen LogP contribution in [0.1, 0.15) is 51.9 Å². The molecule has 0 radical (unpaired) electrons. The molecule has 0 aliphatic carbocycles. The lowest BCUT2D eigenvalue weighted by Crippen LogP contribution is -2.37. The fraction of sp³-hybridized carbons (Fsp3) is 0.923. The molecule has 0 spiro atoms. The van der Waals surface area contributed by atoms with E-state index in [1.807, 2.05) is 7.05 Å². The highest BCUT2D eigenvalue weighted by Crippen LogP contribution is 2.35. The average molecular weight is 267 g/mol. The number of rotatable bonds is 4. The standard InChI is InChI=1S/C13H25N5O/c1-13(2,3)7-8-18-10(9-19)5-6-11(18)12-14-15-16-17(12)4/h10-11,19H,5-9H2,1-4H3/t10-,11-/m0/s1. The Hall–Kier alpha value is -1.01. The van der Waals surface area contributed by atoms with Crippen molar-refractivity contribution in [2.75, 3.05) is 13.2 Å². The number of aromatic nitrogens is 4. The number of likely N-dealkylation sites (tertiary alicyclic amines) is 1. The van der Waals surface area contributed by atoms with Crippen LogP contribution in [0.5, 0.6) is 0 Å². The summed E-state index contributed by atoms with van der Waals surface area (Å²) in [5, 5.41) is 21.3. The van der Waals surface area contributed by atoms with Gasteiger partial charge in [-0.05, 0) is 41.6 Å². The van der Waals surface area contributed by atoms with Crippen LogP contribution in [0.25, 0.3) is 0 Å². The van der Waals surface area contributed by atoms with Gasteiger partial charge in [-0.2, -0.15) is 0 Å². The molecule has 0 unspecified atom stereocenters. The van der Waals surface area contributed by atoms with Crippen LogP contribution in [-0.4, -0.2) is 49.4 Å². The average Bonchev–Trinajstić information content (AvgIpc) is 2.90. The first-order valence-corrected chi connectivity index (χ1v) is 7.01. The summed E-state index contributed by atoms with van der Waals surface area (Å²) in [5.41, 5.74) is 0.297. The summed E-state index contributed by atoms with van der Waals surface area (Å²) in [7, 11) is 1.88. The third-order valence-corrected chi connectivity index (χ3v) is 3.92. The second kappa shape index (κ2) is 5.54. The molecule has 19 heavy (non-hydrogen) atoms. The Morgan fingerprint density at radius 2 is 2.05 bits per heavy atom. The molecule has 2 heterocycles. The third kappa shape index (κ3) is 3.30. The Morgan fingerprint density at radius 1 is 1.32 bits per heavy atom. The van der Waals surface area contributed by atoms with Gasteiger partial charge in [-0.3, -0.25) is 4.90 Å². The van der Waals surface area contributed by atoms with Gasteiger partial charge in [0.1, 0.15) is 0 Å². The van der Waals surface area contributed by atoms with E-state index in [0.717, 1.165) is 31.6 Å². The fourth-order valence-electron chi connectivity index (χ4n) is 2.73. The van der Waals surface area contributed by atoms with Crippen molar-refractivity contribution in [3.8, 4) is 0 Å². The second-order valence-corrected chi connectivity index (χ2v) is 6.64. The number of aryl methyl sites for hydroxylation is 1. The molecule has 1 N–H and O–H groups in total. The van der Waals surface area contributed by atoms with Crippen LogP contribution < -0.4 is 0 Å². The van der Waals surface area contributed by atoms with Gasteiger partial charge in [0.05, 0.1) is 12.6 Å². The van der Waals surface area contributed by atoms with E-state index in [2.05, 4.69) is 41.2 Å². The monoisotopic (exact) mass is 267 g/mol. The van der Waals surface area contributed by atoms with Gasteiger partial charge in [0.25, 0.3) is 0 Å². The number of aliphatic hydroxyl groups excluding tert-OH is 1. The van der Waals surface area contributed by atoms with E-state index in [0.29, 0.717) is 5.41 Å². The van der Waals surface area contributed by atoms with E-state index in [4.69, 9.17) is 0 Å². The first-order chi connectivity index (χ1) is 8.92. The molecule has 1 aliphatic rings. The highest BCUT2D eigenvalue weighted by molar-refractivity contribution is 4.99. The van der Waals surface area contributed by atoms with E-state index in [-0.39, 0.29) is 18.7 Å². The summed E-state index contributed by atoms with van der Waals surface area (Å²) >= 11 is 0. The van der Waals surface area contributed by atoms with Gasteiger partial charge in [-0.25, -0.2) is 4.68 Å². The van der Waals surface area contributed by atoms with Crippen molar-refractivity contribution in [1.29, 1.82) is 0 Å². The van der Waals surface area contributed by atoms with Crippen LogP contribution >= 0.6 is 0 Å². The molecule has 108 valence electrons. The van der Waals surface area contributed by atoms with Gasteiger partial charge in [0, 0.05) is 13.1 Å². The largest absolute Gasteiger partial charge is 0.395 e. The van der Waals surface area contributed by atoms with E-state index >= 15 is 0 Å². The fourth-order valence-corrected chi connectivity index (χ4v) is 2.73. The minimum absolute atomic E-state index is 0.214. The van der Waals surface area contributed by atoms with Crippen molar-refractivity contribution >= 4 is 0 Å². The number of hydrogen-bond donors (Lipinski definition) is 1. The van der Waals surface area contributed by atoms with Crippen molar-refractivity contribution in [2.24, 2.45) is 12.5 Å². The zero-order chi connectivity index (χ0) is 14.0. The lowest BCUT2D eigenvalue weighted by atomic mass is 9.92. The van der Waals surface area contributed by atoms with Gasteiger partial charge in [0.2, 0.25) is 0 Å². The summed E-state index contributed by atoms with van der Waals surface area (Å²) in [6.07, 6.45) is 3.13. The zero-order valence-electron chi connectivity index (χ0n) is 12.4. The first-order valence-electron chi connectivity index (χ1n) is 7.01. The van der Waals surface area contributed by atoms with Crippen LogP contribution in [0.15, 0.2) is 0 Å². The third-order valence-electron chi connectivity index (χ3n) is 3.92. The number of nitrogens with zero attached hydrogens (tertiary/aromatic N) is 5. The van der Waals surface area contributed by atoms with Gasteiger partial charge < -0.3 is 5.11 Å². The molecule has 2 rings (SSSR count). The smallest absolute Gasteiger partial charge is 0.168 e. The summed E-state index contributed by atoms with van der Waals surface area (Å²) in [6.45, 7) is 7.93. The minimum atomic E-state index is 0.214. The second-order valence-electron chi connectivity index (χ2n) is 6.64. The Labute approximate surface area is 114 Å². The molecule has 0 aromatic carbocycles. The molecule has 6 nitrogen and oxygen atoms in total.